The molecule has 0 saturated heterocycles. The molecule has 0 bridgehead atoms. The van der Waals surface area contributed by atoms with Crippen molar-refractivity contribution in [1.82, 2.24) is 5.16 Å². The minimum absolute atomic E-state index is 0.263. The number of rotatable bonds is 4. The van der Waals surface area contributed by atoms with Crippen molar-refractivity contribution in [1.29, 1.82) is 0 Å². The number of nitrogens with zero attached hydrogens (tertiary/aromatic N) is 1. The number of sulfonamides is 1. The number of benzene rings is 1. The van der Waals surface area contributed by atoms with Gasteiger partial charge in [-0.15, -0.1) is 11.3 Å². The molecule has 0 fully saturated rings. The predicted octanol–water partition coefficient (Wildman–Crippen LogP) is 4.75. The highest BCUT2D eigenvalue weighted by Crippen LogP contribution is 2.36. The van der Waals surface area contributed by atoms with Gasteiger partial charge >= 0.3 is 0 Å². The van der Waals surface area contributed by atoms with Crippen molar-refractivity contribution in [3.8, 4) is 10.6 Å². The molecule has 0 unspecified atom stereocenters. The van der Waals surface area contributed by atoms with E-state index in [1.165, 1.54) is 11.3 Å². The van der Waals surface area contributed by atoms with Gasteiger partial charge in [-0.25, -0.2) is 8.42 Å². The molecule has 25 heavy (non-hydrogen) atoms. The first-order valence-corrected chi connectivity index (χ1v) is 10.1. The topological polar surface area (TPSA) is 72.2 Å². The molecule has 0 aliphatic carbocycles. The van der Waals surface area contributed by atoms with Crippen molar-refractivity contribution in [3.05, 3.63) is 51.5 Å². The molecule has 1 N–H and O–H groups in total. The van der Waals surface area contributed by atoms with Gasteiger partial charge in [0.25, 0.3) is 10.0 Å². The smallest absolute Gasteiger partial charge is 0.263 e. The molecule has 3 rings (SSSR count). The van der Waals surface area contributed by atoms with E-state index < -0.39 is 10.0 Å². The summed E-state index contributed by atoms with van der Waals surface area (Å²) in [5.74, 6) is 0.623. The predicted molar refractivity (Wildman–Crippen MR) is 101 cm³/mol. The molecule has 0 aliphatic heterocycles. The lowest BCUT2D eigenvalue weighted by Gasteiger charge is -2.09. The number of aryl methyl sites for hydroxylation is 4. The molecule has 2 aromatic heterocycles. The Morgan fingerprint density at radius 3 is 2.36 bits per heavy atom. The van der Waals surface area contributed by atoms with Crippen molar-refractivity contribution < 1.29 is 12.9 Å². The van der Waals surface area contributed by atoms with Crippen molar-refractivity contribution in [3.63, 3.8) is 0 Å². The Balaban J connectivity index is 1.97. The van der Waals surface area contributed by atoms with E-state index in [-0.39, 0.29) is 4.90 Å². The van der Waals surface area contributed by atoms with Gasteiger partial charge in [-0.2, -0.15) is 0 Å². The number of hydrogen-bond acceptors (Lipinski definition) is 5. The van der Waals surface area contributed by atoms with E-state index in [4.69, 9.17) is 4.52 Å². The summed E-state index contributed by atoms with van der Waals surface area (Å²) in [5.41, 5.74) is 4.44. The van der Waals surface area contributed by atoms with Crippen LogP contribution in [-0.4, -0.2) is 13.6 Å². The fraction of sp³-hybridized carbons (Fsp3) is 0.278. The van der Waals surface area contributed by atoms with Crippen LogP contribution in [0.25, 0.3) is 10.6 Å². The van der Waals surface area contributed by atoms with Crippen LogP contribution >= 0.6 is 11.3 Å². The largest absolute Gasteiger partial charge is 0.355 e. The molecule has 0 aliphatic rings. The molecule has 0 radical (unpaired) electrons. The van der Waals surface area contributed by atoms with E-state index in [1.807, 2.05) is 39.8 Å². The van der Waals surface area contributed by atoms with Gasteiger partial charge in [-0.3, -0.25) is 4.72 Å². The molecular formula is C18H20N2O3S2. The molecule has 5 nitrogen and oxygen atoms in total. The Hall–Kier alpha value is -2.12. The van der Waals surface area contributed by atoms with E-state index in [0.29, 0.717) is 16.3 Å². The molecule has 132 valence electrons. The number of nitrogens with one attached hydrogen (secondary N) is 1. The molecule has 0 atom stereocenters. The molecule has 0 spiro atoms. The van der Waals surface area contributed by atoms with Gasteiger partial charge in [-0.1, -0.05) is 11.2 Å². The first-order valence-electron chi connectivity index (χ1n) is 7.83. The van der Waals surface area contributed by atoms with E-state index in [2.05, 4.69) is 9.88 Å². The van der Waals surface area contributed by atoms with Crippen LogP contribution in [0, 0.1) is 34.6 Å². The van der Waals surface area contributed by atoms with Gasteiger partial charge in [0.1, 0.15) is 4.90 Å². The summed E-state index contributed by atoms with van der Waals surface area (Å²) in [7, 11) is -3.67. The normalized spacial score (nSPS) is 11.7. The molecule has 1 aromatic carbocycles. The average Bonchev–Trinajstić information content (AvgIpc) is 3.07. The summed E-state index contributed by atoms with van der Waals surface area (Å²) in [5, 5.41) is 3.95. The van der Waals surface area contributed by atoms with E-state index in [0.717, 1.165) is 27.3 Å². The van der Waals surface area contributed by atoms with Gasteiger partial charge in [-0.05, 0) is 63.9 Å². The van der Waals surface area contributed by atoms with Crippen LogP contribution in [0.4, 0.5) is 5.69 Å². The van der Waals surface area contributed by atoms with Crippen molar-refractivity contribution in [2.45, 2.75) is 39.5 Å². The van der Waals surface area contributed by atoms with Crippen LogP contribution < -0.4 is 4.72 Å². The van der Waals surface area contributed by atoms with E-state index >= 15 is 0 Å². The van der Waals surface area contributed by atoms with Crippen LogP contribution in [0.1, 0.15) is 27.3 Å². The van der Waals surface area contributed by atoms with Crippen LogP contribution in [0.5, 0.6) is 0 Å². The third-order valence-electron chi connectivity index (χ3n) is 4.30. The zero-order valence-corrected chi connectivity index (χ0v) is 16.4. The summed E-state index contributed by atoms with van der Waals surface area (Å²) in [4.78, 5) is 1.73. The monoisotopic (exact) mass is 376 g/mol. The second kappa shape index (κ2) is 6.31. The Kier molecular flexibility index (Phi) is 4.47. The number of anilines is 1. The summed E-state index contributed by atoms with van der Waals surface area (Å²) < 4.78 is 33.6. The first-order chi connectivity index (χ1) is 11.7. The summed E-state index contributed by atoms with van der Waals surface area (Å²) in [6.45, 7) is 9.52. The second-order valence-corrected chi connectivity index (χ2v) is 9.06. The zero-order valence-electron chi connectivity index (χ0n) is 14.8. The average molecular weight is 377 g/mol. The van der Waals surface area contributed by atoms with Crippen LogP contribution in [0.2, 0.25) is 0 Å². The van der Waals surface area contributed by atoms with Crippen LogP contribution in [0.15, 0.2) is 33.7 Å². The van der Waals surface area contributed by atoms with Gasteiger partial charge in [0, 0.05) is 16.1 Å². The van der Waals surface area contributed by atoms with Gasteiger partial charge < -0.3 is 4.52 Å². The lowest BCUT2D eigenvalue weighted by molar-refractivity contribution is 0.427. The van der Waals surface area contributed by atoms with E-state index in [9.17, 15) is 8.42 Å². The Morgan fingerprint density at radius 1 is 1.04 bits per heavy atom. The highest BCUT2D eigenvalue weighted by atomic mass is 32.2. The van der Waals surface area contributed by atoms with Gasteiger partial charge in [0.2, 0.25) is 0 Å². The van der Waals surface area contributed by atoms with Crippen LogP contribution in [0.3, 0.4) is 0 Å². The third kappa shape index (κ3) is 3.34. The Bertz CT molecular complexity index is 1050. The highest BCUT2D eigenvalue weighted by molar-refractivity contribution is 7.93. The van der Waals surface area contributed by atoms with Gasteiger partial charge in [0.15, 0.2) is 5.76 Å². The quantitative estimate of drug-likeness (QED) is 0.713. The minimum atomic E-state index is -3.67. The second-order valence-electron chi connectivity index (χ2n) is 6.16. The van der Waals surface area contributed by atoms with Crippen LogP contribution in [-0.2, 0) is 10.0 Å². The zero-order chi connectivity index (χ0) is 18.4. The molecule has 0 amide bonds. The highest BCUT2D eigenvalue weighted by Gasteiger charge is 2.23. The van der Waals surface area contributed by atoms with Gasteiger partial charge in [0.05, 0.1) is 10.6 Å². The number of thiophene rings is 1. The lowest BCUT2D eigenvalue weighted by Crippen LogP contribution is -2.13. The maximum Gasteiger partial charge on any atom is 0.263 e. The molecule has 0 saturated carbocycles. The maximum atomic E-state index is 12.8. The lowest BCUT2D eigenvalue weighted by atomic mass is 10.1. The Morgan fingerprint density at radius 2 is 1.76 bits per heavy atom. The van der Waals surface area contributed by atoms with E-state index in [1.54, 1.807) is 19.1 Å². The fourth-order valence-corrected chi connectivity index (χ4v) is 5.18. The van der Waals surface area contributed by atoms with Crippen molar-refractivity contribution in [2.24, 2.45) is 0 Å². The number of hydrogen-bond donors (Lipinski definition) is 1. The SMILES string of the molecule is Cc1ccc(NS(=O)(=O)c2cc(-c3onc(C)c3C)sc2C)cc1C. The molecular weight excluding hydrogens is 356 g/mol. The fourth-order valence-electron chi connectivity index (χ4n) is 2.50. The first kappa shape index (κ1) is 17.7. The maximum absolute atomic E-state index is 12.8. The summed E-state index contributed by atoms with van der Waals surface area (Å²) in [6.07, 6.45) is 0. The molecule has 7 heteroatoms. The number of aromatic nitrogens is 1. The van der Waals surface area contributed by atoms with Crippen molar-refractivity contribution in [2.75, 3.05) is 4.72 Å². The standard InChI is InChI=1S/C18H20N2O3S2/c1-10-6-7-15(8-11(10)2)20-25(21,22)17-9-16(24-14(17)5)18-12(3)13(4)19-23-18/h6-9,20H,1-5H3. The third-order valence-corrected chi connectivity index (χ3v) is 6.99. The minimum Gasteiger partial charge on any atom is -0.355 e. The summed E-state index contributed by atoms with van der Waals surface area (Å²) >= 11 is 1.39. The summed E-state index contributed by atoms with van der Waals surface area (Å²) in [6, 6.07) is 7.15. The molecule has 2 heterocycles. The Labute approximate surface area is 151 Å². The molecule has 3 aromatic rings. The van der Waals surface area contributed by atoms with Crippen molar-refractivity contribution >= 4 is 27.0 Å².